The fourth-order valence-electron chi connectivity index (χ4n) is 2.03. The highest BCUT2D eigenvalue weighted by Crippen LogP contribution is 2.17. The van der Waals surface area contributed by atoms with Crippen LogP contribution >= 0.6 is 0 Å². The number of carbonyl (C=O) groups excluding carboxylic acids is 1. The van der Waals surface area contributed by atoms with E-state index in [4.69, 9.17) is 4.74 Å². The summed E-state index contributed by atoms with van der Waals surface area (Å²) < 4.78 is 5.57. The van der Waals surface area contributed by atoms with E-state index in [0.717, 1.165) is 29.0 Å². The predicted molar refractivity (Wildman–Crippen MR) is 89.5 cm³/mol. The molecule has 0 heterocycles. The van der Waals surface area contributed by atoms with E-state index < -0.39 is 0 Å². The molecule has 2 amide bonds. The van der Waals surface area contributed by atoms with Crippen LogP contribution in [0.15, 0.2) is 48.5 Å². The van der Waals surface area contributed by atoms with Gasteiger partial charge >= 0.3 is 6.03 Å². The smallest absolute Gasteiger partial charge is 0.319 e. The van der Waals surface area contributed by atoms with Crippen LogP contribution in [-0.2, 0) is 0 Å². The molecule has 0 aliphatic heterocycles. The lowest BCUT2D eigenvalue weighted by atomic mass is 10.1. The van der Waals surface area contributed by atoms with Crippen LogP contribution in [0, 0.1) is 13.8 Å². The lowest BCUT2D eigenvalue weighted by Gasteiger charge is -2.11. The summed E-state index contributed by atoms with van der Waals surface area (Å²) in [6.07, 6.45) is 0.759. The van der Waals surface area contributed by atoms with Crippen LogP contribution in [0.2, 0.25) is 0 Å². The summed E-state index contributed by atoms with van der Waals surface area (Å²) in [4.78, 5) is 11.8. The van der Waals surface area contributed by atoms with Crippen molar-refractivity contribution in [1.29, 1.82) is 0 Å². The number of urea groups is 1. The zero-order chi connectivity index (χ0) is 15.8. The number of carbonyl (C=O) groups is 1. The van der Waals surface area contributed by atoms with Crippen molar-refractivity contribution in [3.63, 3.8) is 0 Å². The molecule has 4 heteroatoms. The second-order valence-corrected chi connectivity index (χ2v) is 5.14. The minimum atomic E-state index is -0.187. The first-order valence-electron chi connectivity index (χ1n) is 7.46. The Balaban J connectivity index is 1.67. The van der Waals surface area contributed by atoms with Gasteiger partial charge in [-0.05, 0) is 49.6 Å². The van der Waals surface area contributed by atoms with Gasteiger partial charge in [-0.1, -0.05) is 30.3 Å². The number of nitrogens with one attached hydrogen (secondary N) is 2. The molecule has 0 saturated heterocycles. The molecule has 0 aromatic heterocycles. The molecule has 2 aromatic carbocycles. The van der Waals surface area contributed by atoms with Crippen molar-refractivity contribution in [1.82, 2.24) is 5.32 Å². The molecule has 0 saturated carbocycles. The third-order valence-corrected chi connectivity index (χ3v) is 3.47. The van der Waals surface area contributed by atoms with Crippen molar-refractivity contribution in [3.05, 3.63) is 59.7 Å². The van der Waals surface area contributed by atoms with E-state index in [1.165, 1.54) is 0 Å². The Hall–Kier alpha value is -2.49. The van der Waals surface area contributed by atoms with Crippen molar-refractivity contribution in [2.45, 2.75) is 20.3 Å². The maximum absolute atomic E-state index is 11.8. The van der Waals surface area contributed by atoms with E-state index in [-0.39, 0.29) is 6.03 Å². The fourth-order valence-corrected chi connectivity index (χ4v) is 2.03. The summed E-state index contributed by atoms with van der Waals surface area (Å²) >= 11 is 0. The van der Waals surface area contributed by atoms with Gasteiger partial charge in [-0.25, -0.2) is 4.79 Å². The van der Waals surface area contributed by atoms with E-state index >= 15 is 0 Å². The minimum Gasteiger partial charge on any atom is -0.494 e. The zero-order valence-electron chi connectivity index (χ0n) is 13.1. The number of aryl methyl sites for hydroxylation is 1. The maximum Gasteiger partial charge on any atom is 0.319 e. The van der Waals surface area contributed by atoms with Gasteiger partial charge in [0.1, 0.15) is 5.75 Å². The largest absolute Gasteiger partial charge is 0.494 e. The Morgan fingerprint density at radius 3 is 2.59 bits per heavy atom. The molecule has 0 bridgehead atoms. The lowest BCUT2D eigenvalue weighted by Crippen LogP contribution is -2.30. The third-order valence-electron chi connectivity index (χ3n) is 3.47. The topological polar surface area (TPSA) is 50.4 Å². The molecule has 0 aliphatic carbocycles. The Bertz CT molecular complexity index is 612. The van der Waals surface area contributed by atoms with Gasteiger partial charge in [0.15, 0.2) is 0 Å². The summed E-state index contributed by atoms with van der Waals surface area (Å²) in [5.74, 6) is 0.849. The molecule has 0 unspecified atom stereocenters. The molecule has 116 valence electrons. The van der Waals surface area contributed by atoms with Gasteiger partial charge in [-0.2, -0.15) is 0 Å². The zero-order valence-corrected chi connectivity index (χ0v) is 13.1. The lowest BCUT2D eigenvalue weighted by molar-refractivity contribution is 0.250. The van der Waals surface area contributed by atoms with Crippen molar-refractivity contribution in [2.24, 2.45) is 0 Å². The highest BCUT2D eigenvalue weighted by molar-refractivity contribution is 5.90. The van der Waals surface area contributed by atoms with E-state index in [1.54, 1.807) is 0 Å². The summed E-state index contributed by atoms with van der Waals surface area (Å²) in [5, 5.41) is 5.70. The van der Waals surface area contributed by atoms with Crippen LogP contribution in [0.4, 0.5) is 10.5 Å². The van der Waals surface area contributed by atoms with Crippen LogP contribution < -0.4 is 15.4 Å². The van der Waals surface area contributed by atoms with Gasteiger partial charge in [0.2, 0.25) is 0 Å². The maximum atomic E-state index is 11.8. The summed E-state index contributed by atoms with van der Waals surface area (Å²) in [6, 6.07) is 15.3. The highest BCUT2D eigenvalue weighted by atomic mass is 16.5. The fraction of sp³-hybridized carbons (Fsp3) is 0.278. The van der Waals surface area contributed by atoms with Crippen LogP contribution in [0.1, 0.15) is 17.5 Å². The first-order valence-corrected chi connectivity index (χ1v) is 7.46. The van der Waals surface area contributed by atoms with Gasteiger partial charge < -0.3 is 15.4 Å². The van der Waals surface area contributed by atoms with Gasteiger partial charge in [0.05, 0.1) is 6.61 Å². The quantitative estimate of drug-likeness (QED) is 0.795. The summed E-state index contributed by atoms with van der Waals surface area (Å²) in [5.41, 5.74) is 3.09. The number of hydrogen-bond donors (Lipinski definition) is 2. The second kappa shape index (κ2) is 8.08. The van der Waals surface area contributed by atoms with Crippen molar-refractivity contribution >= 4 is 11.7 Å². The second-order valence-electron chi connectivity index (χ2n) is 5.14. The molecule has 22 heavy (non-hydrogen) atoms. The Morgan fingerprint density at radius 1 is 1.05 bits per heavy atom. The molecular weight excluding hydrogens is 276 g/mol. The molecule has 0 atom stereocenters. The first-order chi connectivity index (χ1) is 10.7. The minimum absolute atomic E-state index is 0.187. The van der Waals surface area contributed by atoms with E-state index in [0.29, 0.717) is 13.2 Å². The monoisotopic (exact) mass is 298 g/mol. The molecule has 2 N–H and O–H groups in total. The summed E-state index contributed by atoms with van der Waals surface area (Å²) in [6.45, 7) is 5.18. The number of amides is 2. The van der Waals surface area contributed by atoms with Gasteiger partial charge in [-0.15, -0.1) is 0 Å². The normalized spacial score (nSPS) is 10.1. The van der Waals surface area contributed by atoms with Gasteiger partial charge in [0.25, 0.3) is 0 Å². The molecule has 2 rings (SSSR count). The Kier molecular flexibility index (Phi) is 5.83. The van der Waals surface area contributed by atoms with Crippen molar-refractivity contribution < 1.29 is 9.53 Å². The van der Waals surface area contributed by atoms with E-state index in [9.17, 15) is 4.79 Å². The highest BCUT2D eigenvalue weighted by Gasteiger charge is 2.04. The standard InChI is InChI=1S/C18H22N2O2/c1-14-8-6-11-17(15(14)2)20-18(21)19-12-7-13-22-16-9-4-3-5-10-16/h3-6,8-11H,7,12-13H2,1-2H3,(H2,19,20,21). The molecule has 0 aliphatic rings. The number of rotatable bonds is 6. The molecule has 0 radical (unpaired) electrons. The Morgan fingerprint density at radius 2 is 1.82 bits per heavy atom. The van der Waals surface area contributed by atoms with Crippen molar-refractivity contribution in [2.75, 3.05) is 18.5 Å². The SMILES string of the molecule is Cc1cccc(NC(=O)NCCCOc2ccccc2)c1C. The summed E-state index contributed by atoms with van der Waals surface area (Å²) in [7, 11) is 0. The van der Waals surface area contributed by atoms with E-state index in [2.05, 4.69) is 10.6 Å². The number of para-hydroxylation sites is 1. The van der Waals surface area contributed by atoms with Crippen LogP contribution in [0.5, 0.6) is 5.75 Å². The van der Waals surface area contributed by atoms with Crippen LogP contribution in [-0.4, -0.2) is 19.2 Å². The Labute approximate surface area is 131 Å². The average Bonchev–Trinajstić information content (AvgIpc) is 2.52. The number of benzene rings is 2. The average molecular weight is 298 g/mol. The van der Waals surface area contributed by atoms with Gasteiger partial charge in [0, 0.05) is 12.2 Å². The van der Waals surface area contributed by atoms with Crippen molar-refractivity contribution in [3.8, 4) is 5.75 Å². The third kappa shape index (κ3) is 4.81. The number of anilines is 1. The van der Waals surface area contributed by atoms with Gasteiger partial charge in [-0.3, -0.25) is 0 Å². The molecular formula is C18H22N2O2. The van der Waals surface area contributed by atoms with Crippen LogP contribution in [0.25, 0.3) is 0 Å². The number of hydrogen-bond acceptors (Lipinski definition) is 2. The predicted octanol–water partition coefficient (Wildman–Crippen LogP) is 3.89. The molecule has 0 spiro atoms. The molecule has 0 fully saturated rings. The number of ether oxygens (including phenoxy) is 1. The molecule has 2 aromatic rings. The van der Waals surface area contributed by atoms with Crippen LogP contribution in [0.3, 0.4) is 0 Å². The van der Waals surface area contributed by atoms with E-state index in [1.807, 2.05) is 62.4 Å². The molecule has 4 nitrogen and oxygen atoms in total. The first kappa shape index (κ1) is 15.9.